The number of carbonyl (C=O) groups excluding carboxylic acids is 1. The SMILES string of the molecule is CC(C)N(C(=O)c1cc(F)ccc1Oc1cncnc1N1CC2(CC(Oc3ccnc4c3CNC4)C2)C1)[C@@H]1CCOC1. The molecule has 1 spiro atoms. The van der Waals surface area contributed by atoms with Crippen LogP contribution in [0.4, 0.5) is 10.2 Å². The number of pyridine rings is 1. The molecule has 11 heteroatoms. The fourth-order valence-corrected chi connectivity index (χ4v) is 6.81. The lowest BCUT2D eigenvalue weighted by atomic mass is 9.61. The number of rotatable bonds is 8. The number of fused-ring (bicyclic) bond motifs is 1. The molecule has 1 aliphatic carbocycles. The molecule has 3 aliphatic heterocycles. The Kier molecular flexibility index (Phi) is 6.94. The molecule has 2 aromatic heterocycles. The van der Waals surface area contributed by atoms with Crippen LogP contribution in [0.2, 0.25) is 0 Å². The first-order valence-electron chi connectivity index (χ1n) is 14.7. The molecule has 1 N–H and O–H groups in total. The van der Waals surface area contributed by atoms with Crippen LogP contribution < -0.4 is 19.7 Å². The van der Waals surface area contributed by atoms with Crippen molar-refractivity contribution in [2.75, 3.05) is 31.2 Å². The molecule has 42 heavy (non-hydrogen) atoms. The maximum Gasteiger partial charge on any atom is 0.258 e. The molecule has 220 valence electrons. The summed E-state index contributed by atoms with van der Waals surface area (Å²) in [5.74, 6) is 1.52. The lowest BCUT2D eigenvalue weighted by Gasteiger charge is -2.58. The van der Waals surface area contributed by atoms with Gasteiger partial charge in [-0.3, -0.25) is 9.78 Å². The molecule has 10 nitrogen and oxygen atoms in total. The molecule has 1 saturated carbocycles. The molecule has 4 aliphatic rings. The van der Waals surface area contributed by atoms with Crippen LogP contribution >= 0.6 is 0 Å². The normalized spacial score (nSPS) is 20.8. The first-order valence-corrected chi connectivity index (χ1v) is 14.7. The number of amides is 1. The minimum absolute atomic E-state index is 0.0621. The molecule has 0 bridgehead atoms. The smallest absolute Gasteiger partial charge is 0.258 e. The van der Waals surface area contributed by atoms with E-state index in [1.54, 1.807) is 11.1 Å². The van der Waals surface area contributed by atoms with E-state index in [-0.39, 0.29) is 40.8 Å². The predicted octanol–water partition coefficient (Wildman–Crippen LogP) is 4.09. The summed E-state index contributed by atoms with van der Waals surface area (Å²) in [7, 11) is 0. The van der Waals surface area contributed by atoms with Gasteiger partial charge in [0.15, 0.2) is 11.6 Å². The third-order valence-electron chi connectivity index (χ3n) is 8.80. The summed E-state index contributed by atoms with van der Waals surface area (Å²) in [6, 6.07) is 5.86. The quantitative estimate of drug-likeness (QED) is 0.426. The molecular formula is C31H35FN6O4. The Morgan fingerprint density at radius 1 is 1.17 bits per heavy atom. The van der Waals surface area contributed by atoms with Crippen LogP contribution in [0.1, 0.15) is 54.7 Å². The molecule has 0 unspecified atom stereocenters. The van der Waals surface area contributed by atoms with Gasteiger partial charge in [-0.15, -0.1) is 0 Å². The summed E-state index contributed by atoms with van der Waals surface area (Å²) < 4.78 is 32.6. The minimum atomic E-state index is -0.499. The lowest BCUT2D eigenvalue weighted by molar-refractivity contribution is -0.0348. The highest BCUT2D eigenvalue weighted by molar-refractivity contribution is 5.97. The van der Waals surface area contributed by atoms with Crippen molar-refractivity contribution >= 4 is 11.7 Å². The monoisotopic (exact) mass is 574 g/mol. The van der Waals surface area contributed by atoms with Gasteiger partial charge < -0.3 is 29.3 Å². The Morgan fingerprint density at radius 2 is 2.02 bits per heavy atom. The highest BCUT2D eigenvalue weighted by Gasteiger charge is 2.54. The summed E-state index contributed by atoms with van der Waals surface area (Å²) >= 11 is 0. The van der Waals surface area contributed by atoms with Crippen LogP contribution in [0.15, 0.2) is 43.0 Å². The molecule has 1 aromatic carbocycles. The third kappa shape index (κ3) is 4.94. The Morgan fingerprint density at radius 3 is 2.81 bits per heavy atom. The standard InChI is InChI=1S/C31H35FN6O4/c1-19(2)38(21-6-8-40-15-21)30(39)23-9-20(32)3-4-26(23)42-28-14-34-18-36-29(28)37-16-31(17-37)10-22(11-31)41-27-5-7-35-25-13-33-12-24(25)27/h3-5,7,9,14,18-19,21-22,33H,6,8,10-13,15-17H2,1-2H3/t21-/m1/s1. The molecule has 1 amide bonds. The number of nitrogens with one attached hydrogen (secondary N) is 1. The topological polar surface area (TPSA) is 102 Å². The van der Waals surface area contributed by atoms with E-state index in [9.17, 15) is 9.18 Å². The fraction of sp³-hybridized carbons (Fsp3) is 0.484. The lowest BCUT2D eigenvalue weighted by Crippen LogP contribution is -2.65. The van der Waals surface area contributed by atoms with E-state index >= 15 is 0 Å². The zero-order valence-corrected chi connectivity index (χ0v) is 23.9. The maximum atomic E-state index is 14.4. The predicted molar refractivity (Wildman–Crippen MR) is 152 cm³/mol. The molecule has 3 aromatic rings. The minimum Gasteiger partial charge on any atom is -0.490 e. The van der Waals surface area contributed by atoms with Gasteiger partial charge in [-0.25, -0.2) is 14.4 Å². The van der Waals surface area contributed by atoms with Crippen molar-refractivity contribution in [3.63, 3.8) is 0 Å². The molecule has 1 atom stereocenters. The van der Waals surface area contributed by atoms with E-state index in [1.165, 1.54) is 30.1 Å². The van der Waals surface area contributed by atoms with Gasteiger partial charge in [-0.2, -0.15) is 0 Å². The van der Waals surface area contributed by atoms with Crippen LogP contribution in [0.5, 0.6) is 17.2 Å². The molecular weight excluding hydrogens is 539 g/mol. The van der Waals surface area contributed by atoms with E-state index in [4.69, 9.17) is 14.2 Å². The van der Waals surface area contributed by atoms with Gasteiger partial charge in [-0.05, 0) is 57.4 Å². The number of carbonyl (C=O) groups is 1. The van der Waals surface area contributed by atoms with Crippen molar-refractivity contribution in [2.45, 2.75) is 64.4 Å². The number of nitrogens with zero attached hydrogens (tertiary/aromatic N) is 5. The molecule has 0 radical (unpaired) electrons. The Labute approximate surface area is 244 Å². The number of hydrogen-bond donors (Lipinski definition) is 1. The summed E-state index contributed by atoms with van der Waals surface area (Å²) in [5, 5.41) is 3.34. The van der Waals surface area contributed by atoms with Gasteiger partial charge in [0.05, 0.1) is 30.1 Å². The summed E-state index contributed by atoms with van der Waals surface area (Å²) in [6.45, 7) is 8.22. The van der Waals surface area contributed by atoms with Crippen molar-refractivity contribution < 1.29 is 23.4 Å². The third-order valence-corrected chi connectivity index (χ3v) is 8.80. The highest BCUT2D eigenvalue weighted by atomic mass is 19.1. The number of halogens is 1. The summed E-state index contributed by atoms with van der Waals surface area (Å²) in [4.78, 5) is 30.8. The van der Waals surface area contributed by atoms with E-state index in [1.807, 2.05) is 26.1 Å². The molecule has 5 heterocycles. The fourth-order valence-electron chi connectivity index (χ4n) is 6.81. The Balaban J connectivity index is 1.04. The second kappa shape index (κ2) is 10.8. The largest absolute Gasteiger partial charge is 0.490 e. The van der Waals surface area contributed by atoms with Crippen molar-refractivity contribution in [3.05, 3.63) is 65.6 Å². The average Bonchev–Trinajstić information content (AvgIpc) is 3.64. The second-order valence-electron chi connectivity index (χ2n) is 12.1. The Hall–Kier alpha value is -3.83. The molecule has 2 saturated heterocycles. The maximum absolute atomic E-state index is 14.4. The number of benzene rings is 1. The van der Waals surface area contributed by atoms with E-state index in [2.05, 4.69) is 25.2 Å². The van der Waals surface area contributed by atoms with Crippen LogP contribution in [0.25, 0.3) is 0 Å². The summed E-state index contributed by atoms with van der Waals surface area (Å²) in [5.41, 5.74) is 2.59. The Bertz CT molecular complexity index is 1480. The number of ether oxygens (including phenoxy) is 3. The van der Waals surface area contributed by atoms with Gasteiger partial charge >= 0.3 is 0 Å². The van der Waals surface area contributed by atoms with Crippen LogP contribution in [-0.4, -0.2) is 70.2 Å². The molecule has 3 fully saturated rings. The molecule has 7 rings (SSSR count). The van der Waals surface area contributed by atoms with Crippen LogP contribution in [0.3, 0.4) is 0 Å². The summed E-state index contributed by atoms with van der Waals surface area (Å²) in [6.07, 6.45) is 7.79. The van der Waals surface area contributed by atoms with Crippen molar-refractivity contribution in [3.8, 4) is 17.2 Å². The van der Waals surface area contributed by atoms with Crippen LogP contribution in [0, 0.1) is 11.2 Å². The van der Waals surface area contributed by atoms with Gasteiger partial charge in [0.2, 0.25) is 0 Å². The van der Waals surface area contributed by atoms with Gasteiger partial charge in [-0.1, -0.05) is 0 Å². The van der Waals surface area contributed by atoms with E-state index in [0.29, 0.717) is 24.8 Å². The first-order chi connectivity index (χ1) is 20.4. The van der Waals surface area contributed by atoms with Crippen molar-refractivity contribution in [1.82, 2.24) is 25.2 Å². The van der Waals surface area contributed by atoms with E-state index < -0.39 is 5.82 Å². The second-order valence-corrected chi connectivity index (χ2v) is 12.1. The van der Waals surface area contributed by atoms with Gasteiger partial charge in [0.1, 0.15) is 29.7 Å². The van der Waals surface area contributed by atoms with Gasteiger partial charge in [0, 0.05) is 56.0 Å². The number of anilines is 1. The van der Waals surface area contributed by atoms with Crippen LogP contribution in [-0.2, 0) is 17.8 Å². The van der Waals surface area contributed by atoms with Crippen molar-refractivity contribution in [2.24, 2.45) is 5.41 Å². The first kappa shape index (κ1) is 27.0. The van der Waals surface area contributed by atoms with E-state index in [0.717, 1.165) is 56.9 Å². The average molecular weight is 575 g/mol. The van der Waals surface area contributed by atoms with Gasteiger partial charge in [0.25, 0.3) is 5.91 Å². The van der Waals surface area contributed by atoms with Crippen molar-refractivity contribution in [1.29, 1.82) is 0 Å². The number of hydrogen-bond acceptors (Lipinski definition) is 9. The highest BCUT2D eigenvalue weighted by Crippen LogP contribution is 2.52. The zero-order chi connectivity index (χ0) is 28.8. The number of aromatic nitrogens is 3. The zero-order valence-electron chi connectivity index (χ0n) is 23.9.